The molecular weight excluding hydrogens is 260 g/mol. The number of hydrogen-bond acceptors (Lipinski definition) is 3. The Morgan fingerprint density at radius 2 is 2.26 bits per heavy atom. The van der Waals surface area contributed by atoms with Crippen LogP contribution in [0.15, 0.2) is 18.2 Å². The van der Waals surface area contributed by atoms with Crippen LogP contribution in [0.2, 0.25) is 5.02 Å². The van der Waals surface area contributed by atoms with E-state index in [9.17, 15) is 0 Å². The molecule has 1 unspecified atom stereocenters. The van der Waals surface area contributed by atoms with Crippen molar-refractivity contribution in [3.8, 4) is 5.75 Å². The van der Waals surface area contributed by atoms with Gasteiger partial charge >= 0.3 is 0 Å². The van der Waals surface area contributed by atoms with E-state index in [0.717, 1.165) is 31.8 Å². The summed E-state index contributed by atoms with van der Waals surface area (Å²) in [6.45, 7) is 2.88. The van der Waals surface area contributed by atoms with Gasteiger partial charge in [0.15, 0.2) is 0 Å². The van der Waals surface area contributed by atoms with Crippen molar-refractivity contribution in [1.82, 2.24) is 4.90 Å². The summed E-state index contributed by atoms with van der Waals surface area (Å²) in [6, 6.07) is 6.67. The van der Waals surface area contributed by atoms with Gasteiger partial charge in [0.2, 0.25) is 0 Å². The fourth-order valence-electron chi connectivity index (χ4n) is 2.83. The maximum Gasteiger partial charge on any atom is 0.137 e. The van der Waals surface area contributed by atoms with Crippen LogP contribution in [0, 0.1) is 0 Å². The highest BCUT2D eigenvalue weighted by atomic mass is 35.5. The number of hydrogen-bond donors (Lipinski definition) is 1. The molecule has 1 atom stereocenters. The Bertz CT molecular complexity index is 409. The molecule has 1 saturated heterocycles. The summed E-state index contributed by atoms with van der Waals surface area (Å²) in [4.78, 5) is 2.54. The third-order valence-electron chi connectivity index (χ3n) is 3.85. The van der Waals surface area contributed by atoms with Crippen LogP contribution in [0.25, 0.3) is 0 Å². The van der Waals surface area contributed by atoms with E-state index in [1.54, 1.807) is 7.11 Å². The van der Waals surface area contributed by atoms with Crippen molar-refractivity contribution in [3.63, 3.8) is 0 Å². The van der Waals surface area contributed by atoms with Gasteiger partial charge in [0, 0.05) is 12.6 Å². The lowest BCUT2D eigenvalue weighted by Crippen LogP contribution is -2.40. The molecule has 1 heterocycles. The molecule has 1 aliphatic rings. The first kappa shape index (κ1) is 14.6. The van der Waals surface area contributed by atoms with Gasteiger partial charge in [0.1, 0.15) is 5.75 Å². The van der Waals surface area contributed by atoms with Crippen molar-refractivity contribution in [2.75, 3.05) is 20.2 Å². The van der Waals surface area contributed by atoms with Crippen LogP contribution in [0.3, 0.4) is 0 Å². The highest BCUT2D eigenvalue weighted by Crippen LogP contribution is 2.27. The second kappa shape index (κ2) is 7.13. The molecule has 1 aromatic rings. The molecule has 1 aliphatic heterocycles. The van der Waals surface area contributed by atoms with Crippen LogP contribution >= 0.6 is 11.6 Å². The Balaban J connectivity index is 2.04. The molecule has 0 amide bonds. The van der Waals surface area contributed by atoms with Crippen molar-refractivity contribution in [2.24, 2.45) is 5.73 Å². The number of rotatable bonds is 5. The molecule has 3 nitrogen and oxygen atoms in total. The van der Waals surface area contributed by atoms with E-state index in [1.807, 2.05) is 12.1 Å². The molecule has 0 spiro atoms. The van der Waals surface area contributed by atoms with Crippen LogP contribution in [0.4, 0.5) is 0 Å². The normalized spacial score (nSPS) is 20.5. The molecule has 0 radical (unpaired) electrons. The second-order valence-electron chi connectivity index (χ2n) is 5.17. The van der Waals surface area contributed by atoms with Gasteiger partial charge in [-0.3, -0.25) is 4.90 Å². The van der Waals surface area contributed by atoms with E-state index in [1.165, 1.54) is 24.8 Å². The van der Waals surface area contributed by atoms with Crippen molar-refractivity contribution < 1.29 is 4.74 Å². The lowest BCUT2D eigenvalue weighted by molar-refractivity contribution is 0.134. The van der Waals surface area contributed by atoms with Gasteiger partial charge in [-0.15, -0.1) is 0 Å². The average Bonchev–Trinajstić information content (AvgIpc) is 2.41. The summed E-state index contributed by atoms with van der Waals surface area (Å²) in [5.74, 6) is 0.738. The summed E-state index contributed by atoms with van der Waals surface area (Å²) < 4.78 is 5.19. The molecule has 19 heavy (non-hydrogen) atoms. The Labute approximate surface area is 120 Å². The Morgan fingerprint density at radius 1 is 1.42 bits per heavy atom. The molecule has 0 aliphatic carbocycles. The highest BCUT2D eigenvalue weighted by Gasteiger charge is 2.21. The molecule has 1 fully saturated rings. The minimum absolute atomic E-state index is 0.625. The van der Waals surface area contributed by atoms with Crippen LogP contribution in [-0.2, 0) is 6.54 Å². The Hall–Kier alpha value is -0.770. The number of nitrogens with zero attached hydrogens (tertiary/aromatic N) is 1. The van der Waals surface area contributed by atoms with Crippen molar-refractivity contribution in [3.05, 3.63) is 28.8 Å². The lowest BCUT2D eigenvalue weighted by atomic mass is 9.98. The van der Waals surface area contributed by atoms with E-state index >= 15 is 0 Å². The number of piperidine rings is 1. The zero-order valence-corrected chi connectivity index (χ0v) is 12.3. The molecule has 1 aromatic carbocycles. The minimum Gasteiger partial charge on any atom is -0.495 e. The standard InChI is InChI=1S/C15H23ClN2O/c1-19-15-6-5-12(10-14(15)16)11-18-9-3-2-4-13(18)7-8-17/h5-6,10,13H,2-4,7-9,11,17H2,1H3. The Morgan fingerprint density at radius 3 is 2.95 bits per heavy atom. The quantitative estimate of drug-likeness (QED) is 0.902. The van der Waals surface area contributed by atoms with E-state index < -0.39 is 0 Å². The third-order valence-corrected chi connectivity index (χ3v) is 4.15. The topological polar surface area (TPSA) is 38.5 Å². The predicted octanol–water partition coefficient (Wildman–Crippen LogP) is 3.05. The molecule has 4 heteroatoms. The van der Waals surface area contributed by atoms with Gasteiger partial charge in [-0.2, -0.15) is 0 Å². The first-order valence-electron chi connectivity index (χ1n) is 7.01. The first-order chi connectivity index (χ1) is 9.24. The number of nitrogens with two attached hydrogens (primary N) is 1. The van der Waals surface area contributed by atoms with Crippen LogP contribution in [-0.4, -0.2) is 31.1 Å². The van der Waals surface area contributed by atoms with E-state index in [2.05, 4.69) is 11.0 Å². The number of likely N-dealkylation sites (tertiary alicyclic amines) is 1. The molecule has 0 aromatic heterocycles. The van der Waals surface area contributed by atoms with E-state index in [0.29, 0.717) is 11.1 Å². The maximum absolute atomic E-state index is 6.18. The predicted molar refractivity (Wildman–Crippen MR) is 79.7 cm³/mol. The summed E-state index contributed by atoms with van der Waals surface area (Å²) in [7, 11) is 1.64. The second-order valence-corrected chi connectivity index (χ2v) is 5.57. The Kier molecular flexibility index (Phi) is 5.49. The number of halogens is 1. The van der Waals surface area contributed by atoms with Gasteiger partial charge in [-0.25, -0.2) is 0 Å². The van der Waals surface area contributed by atoms with Gasteiger partial charge in [-0.05, 0) is 50.0 Å². The monoisotopic (exact) mass is 282 g/mol. The maximum atomic E-state index is 6.18. The van der Waals surface area contributed by atoms with Gasteiger partial charge in [0.25, 0.3) is 0 Å². The lowest BCUT2D eigenvalue weighted by Gasteiger charge is -2.35. The number of ether oxygens (including phenoxy) is 1. The van der Waals surface area contributed by atoms with Crippen LogP contribution in [0.1, 0.15) is 31.2 Å². The summed E-state index contributed by atoms with van der Waals surface area (Å²) in [6.07, 6.45) is 4.96. The average molecular weight is 283 g/mol. The summed E-state index contributed by atoms with van der Waals surface area (Å²) >= 11 is 6.18. The zero-order valence-electron chi connectivity index (χ0n) is 11.6. The molecule has 2 rings (SSSR count). The third kappa shape index (κ3) is 3.85. The fraction of sp³-hybridized carbons (Fsp3) is 0.600. The molecule has 2 N–H and O–H groups in total. The molecular formula is C15H23ClN2O. The van der Waals surface area contributed by atoms with Gasteiger partial charge in [-0.1, -0.05) is 24.1 Å². The van der Waals surface area contributed by atoms with Crippen molar-refractivity contribution >= 4 is 11.6 Å². The van der Waals surface area contributed by atoms with E-state index in [-0.39, 0.29) is 0 Å². The largest absolute Gasteiger partial charge is 0.495 e. The van der Waals surface area contributed by atoms with Gasteiger partial charge < -0.3 is 10.5 Å². The summed E-state index contributed by atoms with van der Waals surface area (Å²) in [5, 5.41) is 0.687. The van der Waals surface area contributed by atoms with Crippen molar-refractivity contribution in [2.45, 2.75) is 38.3 Å². The van der Waals surface area contributed by atoms with Gasteiger partial charge in [0.05, 0.1) is 12.1 Å². The zero-order chi connectivity index (χ0) is 13.7. The molecule has 0 saturated carbocycles. The molecule has 0 bridgehead atoms. The van der Waals surface area contributed by atoms with Crippen LogP contribution < -0.4 is 10.5 Å². The minimum atomic E-state index is 0.625. The number of benzene rings is 1. The summed E-state index contributed by atoms with van der Waals surface area (Å²) in [5.41, 5.74) is 6.96. The fourth-order valence-corrected chi connectivity index (χ4v) is 3.11. The first-order valence-corrected chi connectivity index (χ1v) is 7.39. The molecule has 106 valence electrons. The van der Waals surface area contributed by atoms with Crippen LogP contribution in [0.5, 0.6) is 5.75 Å². The smallest absolute Gasteiger partial charge is 0.137 e. The highest BCUT2D eigenvalue weighted by molar-refractivity contribution is 6.32. The SMILES string of the molecule is COc1ccc(CN2CCCCC2CCN)cc1Cl. The van der Waals surface area contributed by atoms with Crippen molar-refractivity contribution in [1.29, 1.82) is 0 Å². The number of methoxy groups -OCH3 is 1. The van der Waals surface area contributed by atoms with E-state index in [4.69, 9.17) is 22.1 Å².